The Balaban J connectivity index is 2.27. The molecule has 86 valence electrons. The van der Waals surface area contributed by atoms with Crippen molar-refractivity contribution in [2.75, 3.05) is 4.72 Å². The Labute approximate surface area is 109 Å². The van der Waals surface area contributed by atoms with Crippen molar-refractivity contribution >= 4 is 53.8 Å². The summed E-state index contributed by atoms with van der Waals surface area (Å²) < 4.78 is 27.0. The molecule has 0 radical (unpaired) electrons. The molecule has 0 aromatic carbocycles. The molecule has 0 spiro atoms. The van der Waals surface area contributed by atoms with E-state index < -0.39 is 10.0 Å². The van der Waals surface area contributed by atoms with Crippen LogP contribution in [0.5, 0.6) is 0 Å². The normalized spacial score (nSPS) is 11.6. The maximum Gasteiger partial charge on any atom is 0.274 e. The van der Waals surface area contributed by atoms with Gasteiger partial charge in [-0.25, -0.2) is 18.4 Å². The second-order valence-corrected chi connectivity index (χ2v) is 8.33. The molecule has 0 atom stereocenters. The third-order valence-corrected chi connectivity index (χ3v) is 5.80. The first-order valence-corrected chi connectivity index (χ1v) is 7.95. The molecule has 5 nitrogen and oxygen atoms in total. The molecular weight excluding hydrogens is 334 g/mol. The fourth-order valence-electron chi connectivity index (χ4n) is 0.933. The van der Waals surface area contributed by atoms with E-state index >= 15 is 0 Å². The highest BCUT2D eigenvalue weighted by molar-refractivity contribution is 9.11. The molecule has 0 unspecified atom stereocenters. The molecule has 1 N–H and O–H groups in total. The number of hydrogen-bond donors (Lipinski definition) is 1. The van der Waals surface area contributed by atoms with Crippen LogP contribution in [-0.2, 0) is 10.0 Å². The molecule has 0 saturated carbocycles. The summed E-state index contributed by atoms with van der Waals surface area (Å²) in [7, 11) is -3.55. The molecule has 0 amide bonds. The van der Waals surface area contributed by atoms with E-state index in [1.807, 2.05) is 0 Å². The van der Waals surface area contributed by atoms with Crippen molar-refractivity contribution in [2.45, 2.75) is 11.1 Å². The number of nitrogens with one attached hydrogen (secondary N) is 1. The number of aryl methyl sites for hydroxylation is 1. The van der Waals surface area contributed by atoms with Gasteiger partial charge in [-0.3, -0.25) is 4.72 Å². The molecule has 2 aromatic heterocycles. The number of anilines is 1. The Hall–Kier alpha value is -0.510. The largest absolute Gasteiger partial charge is 0.274 e. The summed E-state index contributed by atoms with van der Waals surface area (Å²) >= 11 is 5.55. The second kappa shape index (κ2) is 4.40. The first-order chi connectivity index (χ1) is 7.47. The van der Waals surface area contributed by atoms with Crippen LogP contribution in [-0.4, -0.2) is 18.4 Å². The van der Waals surface area contributed by atoms with Crippen molar-refractivity contribution in [3.63, 3.8) is 0 Å². The van der Waals surface area contributed by atoms with Crippen molar-refractivity contribution in [2.24, 2.45) is 0 Å². The lowest BCUT2D eigenvalue weighted by atomic mass is 10.8. The Morgan fingerprint density at radius 1 is 1.31 bits per heavy atom. The summed E-state index contributed by atoms with van der Waals surface area (Å²) in [5.74, 6) is 0. The molecule has 0 saturated heterocycles. The van der Waals surface area contributed by atoms with Gasteiger partial charge in [0.05, 0.1) is 21.2 Å². The topological polar surface area (TPSA) is 72.0 Å². The molecule has 0 bridgehead atoms. The first kappa shape index (κ1) is 12.0. The molecule has 9 heteroatoms. The maximum absolute atomic E-state index is 11.8. The minimum atomic E-state index is -3.55. The standard InChI is InChI=1S/C7H6BrN3O2S3/c1-4-9-3-6(14-4)16(12,13)11-7-10-2-5(8)15-7/h2-3H,1H3,(H,10,11). The van der Waals surface area contributed by atoms with Gasteiger partial charge in [-0.05, 0) is 22.9 Å². The predicted molar refractivity (Wildman–Crippen MR) is 67.5 cm³/mol. The van der Waals surface area contributed by atoms with Crippen LogP contribution >= 0.6 is 38.6 Å². The Bertz CT molecular complexity index is 604. The first-order valence-electron chi connectivity index (χ1n) is 4.04. The van der Waals surface area contributed by atoms with E-state index in [0.717, 1.165) is 15.1 Å². The lowest BCUT2D eigenvalue weighted by molar-refractivity contribution is 0.603. The van der Waals surface area contributed by atoms with Crippen LogP contribution in [0.25, 0.3) is 0 Å². The molecule has 0 aliphatic rings. The van der Waals surface area contributed by atoms with Crippen molar-refractivity contribution in [3.8, 4) is 0 Å². The monoisotopic (exact) mass is 339 g/mol. The van der Waals surface area contributed by atoms with Crippen LogP contribution in [0.2, 0.25) is 0 Å². The highest BCUT2D eigenvalue weighted by Gasteiger charge is 2.18. The molecule has 0 aliphatic carbocycles. The zero-order valence-corrected chi connectivity index (χ0v) is 12.0. The van der Waals surface area contributed by atoms with Crippen molar-refractivity contribution in [1.29, 1.82) is 0 Å². The smallest absolute Gasteiger partial charge is 0.254 e. The molecule has 2 rings (SSSR count). The minimum Gasteiger partial charge on any atom is -0.254 e. The Morgan fingerprint density at radius 2 is 2.06 bits per heavy atom. The van der Waals surface area contributed by atoms with Crippen LogP contribution in [0.4, 0.5) is 5.13 Å². The number of sulfonamides is 1. The molecule has 0 aliphatic heterocycles. The van der Waals surface area contributed by atoms with Gasteiger partial charge in [0.1, 0.15) is 0 Å². The highest BCUT2D eigenvalue weighted by Crippen LogP contribution is 2.26. The van der Waals surface area contributed by atoms with Gasteiger partial charge in [0.2, 0.25) is 0 Å². The summed E-state index contributed by atoms with van der Waals surface area (Å²) in [5.41, 5.74) is 0. The van der Waals surface area contributed by atoms with E-state index in [9.17, 15) is 8.42 Å². The average molecular weight is 340 g/mol. The molecule has 2 heterocycles. The van der Waals surface area contributed by atoms with E-state index in [0.29, 0.717) is 10.1 Å². The maximum atomic E-state index is 11.8. The number of hydrogen-bond acceptors (Lipinski definition) is 6. The third kappa shape index (κ3) is 2.59. The SMILES string of the molecule is Cc1ncc(S(=O)(=O)Nc2ncc(Br)s2)s1. The zero-order valence-electron chi connectivity index (χ0n) is 7.97. The number of nitrogens with zero attached hydrogens (tertiary/aromatic N) is 2. The predicted octanol–water partition coefficient (Wildman–Crippen LogP) is 2.47. The van der Waals surface area contributed by atoms with Crippen molar-refractivity contribution in [3.05, 3.63) is 21.2 Å². The average Bonchev–Trinajstić information content (AvgIpc) is 2.75. The fraction of sp³-hybridized carbons (Fsp3) is 0.143. The highest BCUT2D eigenvalue weighted by atomic mass is 79.9. The van der Waals surface area contributed by atoms with E-state index in [1.165, 1.54) is 17.5 Å². The van der Waals surface area contributed by atoms with Crippen LogP contribution in [0.15, 0.2) is 20.4 Å². The lowest BCUT2D eigenvalue weighted by Gasteiger charge is -2.00. The quantitative estimate of drug-likeness (QED) is 0.932. The van der Waals surface area contributed by atoms with E-state index in [-0.39, 0.29) is 4.21 Å². The van der Waals surface area contributed by atoms with E-state index in [2.05, 4.69) is 30.6 Å². The minimum absolute atomic E-state index is 0.191. The zero-order chi connectivity index (χ0) is 11.8. The van der Waals surface area contributed by atoms with Crippen LogP contribution in [0, 0.1) is 6.92 Å². The van der Waals surface area contributed by atoms with Gasteiger partial charge in [0, 0.05) is 0 Å². The summed E-state index contributed by atoms with van der Waals surface area (Å²) in [6, 6.07) is 0. The molecule has 16 heavy (non-hydrogen) atoms. The number of rotatable bonds is 3. The summed E-state index contributed by atoms with van der Waals surface area (Å²) in [4.78, 5) is 7.80. The molecular formula is C7H6BrN3O2S3. The lowest BCUT2D eigenvalue weighted by Crippen LogP contribution is -2.11. The Morgan fingerprint density at radius 3 is 2.56 bits per heavy atom. The van der Waals surface area contributed by atoms with E-state index in [4.69, 9.17) is 0 Å². The summed E-state index contributed by atoms with van der Waals surface area (Å²) in [5, 5.41) is 1.04. The van der Waals surface area contributed by atoms with Gasteiger partial charge in [-0.2, -0.15) is 0 Å². The number of halogens is 1. The molecule has 2 aromatic rings. The van der Waals surface area contributed by atoms with Crippen LogP contribution in [0.1, 0.15) is 5.01 Å². The fourth-order valence-corrected chi connectivity index (χ4v) is 4.39. The summed E-state index contributed by atoms with van der Waals surface area (Å²) in [6.07, 6.45) is 2.88. The van der Waals surface area contributed by atoms with Gasteiger partial charge in [0.15, 0.2) is 9.34 Å². The second-order valence-electron chi connectivity index (χ2n) is 2.77. The van der Waals surface area contributed by atoms with E-state index in [1.54, 1.807) is 13.1 Å². The van der Waals surface area contributed by atoms with Gasteiger partial charge in [-0.1, -0.05) is 11.3 Å². The number of aromatic nitrogens is 2. The van der Waals surface area contributed by atoms with Crippen LogP contribution < -0.4 is 4.72 Å². The molecule has 0 fully saturated rings. The Kier molecular flexibility index (Phi) is 3.29. The van der Waals surface area contributed by atoms with Gasteiger partial charge in [0.25, 0.3) is 10.0 Å². The van der Waals surface area contributed by atoms with Crippen LogP contribution in [0.3, 0.4) is 0 Å². The van der Waals surface area contributed by atoms with Gasteiger partial charge >= 0.3 is 0 Å². The third-order valence-electron chi connectivity index (χ3n) is 1.56. The summed E-state index contributed by atoms with van der Waals surface area (Å²) in [6.45, 7) is 1.75. The van der Waals surface area contributed by atoms with Crippen molar-refractivity contribution in [1.82, 2.24) is 9.97 Å². The number of thiazole rings is 2. The van der Waals surface area contributed by atoms with Crippen molar-refractivity contribution < 1.29 is 8.42 Å². The van der Waals surface area contributed by atoms with Gasteiger partial charge < -0.3 is 0 Å². The van der Waals surface area contributed by atoms with Gasteiger partial charge in [-0.15, -0.1) is 11.3 Å².